The van der Waals surface area contributed by atoms with Gasteiger partial charge in [-0.05, 0) is 43.5 Å². The van der Waals surface area contributed by atoms with Crippen molar-refractivity contribution in [3.05, 3.63) is 45.7 Å². The number of rotatable bonds is 7. The van der Waals surface area contributed by atoms with Gasteiger partial charge in [0.15, 0.2) is 10.9 Å². The third kappa shape index (κ3) is 5.54. The molecular formula is C28H34N8O4S. The summed E-state index contributed by atoms with van der Waals surface area (Å²) in [6, 6.07) is 5.10. The summed E-state index contributed by atoms with van der Waals surface area (Å²) in [5.74, 6) is -0.883. The van der Waals surface area contributed by atoms with Gasteiger partial charge in [0, 0.05) is 54.1 Å². The van der Waals surface area contributed by atoms with Gasteiger partial charge in [-0.25, -0.2) is 4.98 Å². The molecule has 1 aromatic carbocycles. The van der Waals surface area contributed by atoms with Crippen molar-refractivity contribution >= 4 is 34.1 Å². The number of azide groups is 1. The number of ketones is 1. The maximum atomic E-state index is 13.9. The minimum absolute atomic E-state index is 0.0249. The van der Waals surface area contributed by atoms with E-state index in [0.717, 1.165) is 68.3 Å². The highest BCUT2D eigenvalue weighted by molar-refractivity contribution is 7.14. The first-order valence-electron chi connectivity index (χ1n) is 14.2. The molecule has 13 heteroatoms. The molecule has 0 radical (unpaired) electrons. The molecule has 0 bridgehead atoms. The number of thiazole rings is 1. The summed E-state index contributed by atoms with van der Waals surface area (Å²) in [6.07, 6.45) is 2.97. The number of amides is 2. The van der Waals surface area contributed by atoms with Crippen LogP contribution in [0.5, 0.6) is 0 Å². The van der Waals surface area contributed by atoms with E-state index in [1.165, 1.54) is 4.90 Å². The van der Waals surface area contributed by atoms with Crippen molar-refractivity contribution in [2.45, 2.75) is 49.9 Å². The van der Waals surface area contributed by atoms with Gasteiger partial charge < -0.3 is 24.8 Å². The SMILES string of the molecule is CN1CCN(c2nc(-c3ccc(C(=O)N[C@H](C(=O)N4C[C@@H](N=[N+]=[N-])[C@H]5OCC(=O)[C@H]54)C4CCCC4)cc3)cs2)CC1. The number of carbonyl (C=O) groups is 3. The van der Waals surface area contributed by atoms with Crippen molar-refractivity contribution in [1.82, 2.24) is 20.1 Å². The lowest BCUT2D eigenvalue weighted by Crippen LogP contribution is -2.54. The van der Waals surface area contributed by atoms with Gasteiger partial charge in [0.2, 0.25) is 5.91 Å². The van der Waals surface area contributed by atoms with Gasteiger partial charge in [0.1, 0.15) is 18.7 Å². The summed E-state index contributed by atoms with van der Waals surface area (Å²) < 4.78 is 5.57. The molecular weight excluding hydrogens is 544 g/mol. The largest absolute Gasteiger partial charge is 0.367 e. The molecule has 1 N–H and O–H groups in total. The molecule has 3 saturated heterocycles. The summed E-state index contributed by atoms with van der Waals surface area (Å²) in [4.78, 5) is 53.7. The highest BCUT2D eigenvalue weighted by atomic mass is 32.1. The van der Waals surface area contributed by atoms with Crippen molar-refractivity contribution in [1.29, 1.82) is 0 Å². The second-order valence-electron chi connectivity index (χ2n) is 11.3. The van der Waals surface area contributed by atoms with E-state index in [9.17, 15) is 14.4 Å². The van der Waals surface area contributed by atoms with Gasteiger partial charge in [0.05, 0.1) is 17.8 Å². The molecule has 4 fully saturated rings. The van der Waals surface area contributed by atoms with Crippen LogP contribution in [-0.2, 0) is 14.3 Å². The normalized spacial score (nSPS) is 25.7. The van der Waals surface area contributed by atoms with Crippen molar-refractivity contribution in [2.75, 3.05) is 51.3 Å². The van der Waals surface area contributed by atoms with E-state index in [4.69, 9.17) is 15.3 Å². The van der Waals surface area contributed by atoms with E-state index in [0.29, 0.717) is 5.56 Å². The summed E-state index contributed by atoms with van der Waals surface area (Å²) in [5.41, 5.74) is 11.2. The smallest absolute Gasteiger partial charge is 0.251 e. The monoisotopic (exact) mass is 578 g/mol. The maximum Gasteiger partial charge on any atom is 0.251 e. The van der Waals surface area contributed by atoms with Gasteiger partial charge in [-0.1, -0.05) is 30.1 Å². The number of Topliss-reactive ketones (excluding diaryl/α,β-unsaturated/α-hetero) is 1. The number of benzene rings is 1. The van der Waals surface area contributed by atoms with Gasteiger partial charge in [0.25, 0.3) is 5.91 Å². The molecule has 0 spiro atoms. The molecule has 4 atom stereocenters. The second-order valence-corrected chi connectivity index (χ2v) is 12.2. The number of piperazine rings is 1. The van der Waals surface area contributed by atoms with E-state index in [1.54, 1.807) is 23.5 Å². The van der Waals surface area contributed by atoms with Gasteiger partial charge in [-0.2, -0.15) is 0 Å². The Morgan fingerprint density at radius 1 is 1.17 bits per heavy atom. The number of likely N-dealkylation sites (N-methyl/N-ethyl adjacent to an activating group) is 1. The second kappa shape index (κ2) is 11.8. The van der Waals surface area contributed by atoms with Crippen LogP contribution in [0.2, 0.25) is 0 Å². The van der Waals surface area contributed by atoms with Gasteiger partial charge >= 0.3 is 0 Å². The van der Waals surface area contributed by atoms with Crippen LogP contribution in [-0.4, -0.2) is 103 Å². The number of ether oxygens (including phenoxy) is 1. The lowest BCUT2D eigenvalue weighted by Gasteiger charge is -2.32. The highest BCUT2D eigenvalue weighted by Crippen LogP contribution is 2.34. The van der Waals surface area contributed by atoms with Gasteiger partial charge in [-0.3, -0.25) is 14.4 Å². The van der Waals surface area contributed by atoms with E-state index in [-0.39, 0.29) is 36.7 Å². The number of anilines is 1. The number of fused-ring (bicyclic) bond motifs is 1. The zero-order valence-corrected chi connectivity index (χ0v) is 23.8. The third-order valence-electron chi connectivity index (χ3n) is 8.77. The number of aromatic nitrogens is 1. The fourth-order valence-corrected chi connectivity index (χ4v) is 7.32. The fourth-order valence-electron chi connectivity index (χ4n) is 6.43. The van der Waals surface area contributed by atoms with Crippen LogP contribution in [0.25, 0.3) is 21.7 Å². The molecule has 216 valence electrons. The van der Waals surface area contributed by atoms with Crippen molar-refractivity contribution in [2.24, 2.45) is 11.0 Å². The molecule has 41 heavy (non-hydrogen) atoms. The number of carbonyl (C=O) groups excluding carboxylic acids is 3. The maximum absolute atomic E-state index is 13.9. The highest BCUT2D eigenvalue weighted by Gasteiger charge is 2.53. The van der Waals surface area contributed by atoms with Crippen LogP contribution in [0.3, 0.4) is 0 Å². The zero-order valence-electron chi connectivity index (χ0n) is 23.0. The number of hydrogen-bond acceptors (Lipinski definition) is 9. The third-order valence-corrected chi connectivity index (χ3v) is 9.67. The van der Waals surface area contributed by atoms with Gasteiger partial charge in [-0.15, -0.1) is 11.3 Å². The predicted molar refractivity (Wildman–Crippen MR) is 154 cm³/mol. The molecule has 1 aliphatic carbocycles. The van der Waals surface area contributed by atoms with Crippen LogP contribution < -0.4 is 10.2 Å². The molecule has 2 aromatic rings. The average Bonchev–Trinajstić information content (AvgIpc) is 3.79. The molecule has 1 aromatic heterocycles. The van der Waals surface area contributed by atoms with E-state index in [1.807, 2.05) is 17.5 Å². The van der Waals surface area contributed by atoms with E-state index >= 15 is 0 Å². The molecule has 4 heterocycles. The van der Waals surface area contributed by atoms with Crippen molar-refractivity contribution in [3.8, 4) is 11.3 Å². The first-order chi connectivity index (χ1) is 19.9. The minimum atomic E-state index is -0.785. The van der Waals surface area contributed by atoms with Crippen LogP contribution in [0.1, 0.15) is 36.0 Å². The Morgan fingerprint density at radius 3 is 2.61 bits per heavy atom. The summed E-state index contributed by atoms with van der Waals surface area (Å²) in [5, 5.41) is 9.82. The molecule has 4 aliphatic rings. The average molecular weight is 579 g/mol. The molecule has 0 unspecified atom stereocenters. The van der Waals surface area contributed by atoms with Crippen LogP contribution >= 0.6 is 11.3 Å². The lowest BCUT2D eigenvalue weighted by atomic mass is 9.95. The molecule has 12 nitrogen and oxygen atoms in total. The summed E-state index contributed by atoms with van der Waals surface area (Å²) >= 11 is 1.63. The molecule has 2 amide bonds. The molecule has 1 saturated carbocycles. The quantitative estimate of drug-likeness (QED) is 0.302. The molecule has 3 aliphatic heterocycles. The fraction of sp³-hybridized carbons (Fsp3) is 0.571. The Bertz CT molecular complexity index is 1350. The summed E-state index contributed by atoms with van der Waals surface area (Å²) in [6.45, 7) is 3.92. The van der Waals surface area contributed by atoms with Crippen LogP contribution in [0.15, 0.2) is 34.8 Å². The number of nitrogens with zero attached hydrogens (tertiary/aromatic N) is 7. The lowest BCUT2D eigenvalue weighted by molar-refractivity contribution is -0.139. The Kier molecular flexibility index (Phi) is 7.94. The Labute approximate surface area is 242 Å². The first-order valence-corrected chi connectivity index (χ1v) is 15.1. The van der Waals surface area contributed by atoms with Crippen LogP contribution in [0, 0.1) is 5.92 Å². The van der Waals surface area contributed by atoms with Crippen LogP contribution in [0.4, 0.5) is 5.13 Å². The Balaban J connectivity index is 1.16. The van der Waals surface area contributed by atoms with Crippen molar-refractivity contribution in [3.63, 3.8) is 0 Å². The Hall–Kier alpha value is -3.51. The minimum Gasteiger partial charge on any atom is -0.367 e. The number of hydrogen-bond donors (Lipinski definition) is 1. The van der Waals surface area contributed by atoms with E-state index < -0.39 is 24.2 Å². The standard InChI is InChI=1S/C28H34N8O4S/c1-34-10-12-35(13-11-34)28-30-21(16-41-28)17-6-8-19(9-7-17)26(38)31-23(18-4-2-3-5-18)27(39)36-14-20(32-33-29)25-24(36)22(37)15-40-25/h6-9,16,18,20,23-25H,2-5,10-15H2,1H3,(H,31,38)/t20-,23+,24-,25-/m1/s1. The predicted octanol–water partition coefficient (Wildman–Crippen LogP) is 2.71. The first kappa shape index (κ1) is 27.6. The zero-order chi connectivity index (χ0) is 28.5. The van der Waals surface area contributed by atoms with Crippen molar-refractivity contribution < 1.29 is 19.1 Å². The van der Waals surface area contributed by atoms with E-state index in [2.05, 4.69) is 32.2 Å². The number of nitrogens with one attached hydrogen (secondary N) is 1. The topological polar surface area (TPSA) is 144 Å². The Morgan fingerprint density at radius 2 is 1.90 bits per heavy atom. The number of likely N-dealkylation sites (tertiary alicyclic amines) is 1. The summed E-state index contributed by atoms with van der Waals surface area (Å²) in [7, 11) is 2.13. The molecule has 6 rings (SSSR count).